The zero-order valence-corrected chi connectivity index (χ0v) is 11.0. The molecule has 0 aliphatic rings. The molecule has 0 bridgehead atoms. The maximum Gasteiger partial charge on any atom is 0.406 e. The van der Waals surface area contributed by atoms with Gasteiger partial charge in [-0.15, -0.1) is 6.58 Å². The Morgan fingerprint density at radius 1 is 1.35 bits per heavy atom. The first-order valence-corrected chi connectivity index (χ1v) is 5.63. The van der Waals surface area contributed by atoms with Crippen molar-refractivity contribution in [2.24, 2.45) is 0 Å². The lowest BCUT2D eigenvalue weighted by Crippen LogP contribution is -2.49. The number of hydrogen-bond donors (Lipinski definition) is 1. The second-order valence-corrected chi connectivity index (χ2v) is 3.88. The highest BCUT2D eigenvalue weighted by atomic mass is 19.4. The van der Waals surface area contributed by atoms with Gasteiger partial charge in [0.25, 0.3) is 0 Å². The summed E-state index contributed by atoms with van der Waals surface area (Å²) in [6.07, 6.45) is -3.34. The molecule has 0 aliphatic carbocycles. The van der Waals surface area contributed by atoms with E-state index < -0.39 is 31.3 Å². The summed E-state index contributed by atoms with van der Waals surface area (Å²) in [5.74, 6) is -1.52. The first-order valence-electron chi connectivity index (χ1n) is 5.63. The van der Waals surface area contributed by atoms with Crippen molar-refractivity contribution >= 4 is 12.0 Å². The standard InChI is InChI=1S/C11H17F3N2O4/c1-3-4-15(5-6-20-2)10(19)16(7-9(17)18)8-11(12,13)14/h3H,1,4-8H2,2H3,(H,17,18). The van der Waals surface area contributed by atoms with E-state index in [0.29, 0.717) is 0 Å². The number of ether oxygens (including phenoxy) is 1. The molecule has 0 radical (unpaired) electrons. The molecule has 9 heteroatoms. The molecule has 116 valence electrons. The molecule has 0 aromatic heterocycles. The van der Waals surface area contributed by atoms with Crippen LogP contribution in [0.15, 0.2) is 12.7 Å². The summed E-state index contributed by atoms with van der Waals surface area (Å²) in [7, 11) is 1.38. The Hall–Kier alpha value is -1.77. The lowest BCUT2D eigenvalue weighted by atomic mass is 10.4. The number of methoxy groups -OCH3 is 1. The molecule has 0 saturated carbocycles. The van der Waals surface area contributed by atoms with Crippen LogP contribution in [0.1, 0.15) is 0 Å². The Morgan fingerprint density at radius 3 is 2.35 bits per heavy atom. The molecule has 0 atom stereocenters. The van der Waals surface area contributed by atoms with E-state index in [1.54, 1.807) is 0 Å². The first-order chi connectivity index (χ1) is 9.21. The van der Waals surface area contributed by atoms with Gasteiger partial charge in [-0.3, -0.25) is 4.79 Å². The van der Waals surface area contributed by atoms with Gasteiger partial charge < -0.3 is 19.6 Å². The highest BCUT2D eigenvalue weighted by Crippen LogP contribution is 2.17. The van der Waals surface area contributed by atoms with Crippen LogP contribution in [0.3, 0.4) is 0 Å². The highest BCUT2D eigenvalue weighted by molar-refractivity contribution is 5.80. The van der Waals surface area contributed by atoms with Crippen LogP contribution in [-0.2, 0) is 9.53 Å². The number of nitrogens with zero attached hydrogens (tertiary/aromatic N) is 2. The third kappa shape index (κ3) is 7.62. The zero-order chi connectivity index (χ0) is 15.8. The lowest BCUT2D eigenvalue weighted by molar-refractivity contribution is -0.149. The van der Waals surface area contributed by atoms with E-state index in [2.05, 4.69) is 6.58 Å². The number of carboxylic acids is 1. The van der Waals surface area contributed by atoms with E-state index in [-0.39, 0.29) is 24.6 Å². The van der Waals surface area contributed by atoms with E-state index in [4.69, 9.17) is 9.84 Å². The number of alkyl halides is 3. The van der Waals surface area contributed by atoms with Gasteiger partial charge in [0.05, 0.1) is 6.61 Å². The summed E-state index contributed by atoms with van der Waals surface area (Å²) in [6.45, 7) is 0.890. The number of urea groups is 1. The van der Waals surface area contributed by atoms with E-state index in [9.17, 15) is 22.8 Å². The lowest BCUT2D eigenvalue weighted by Gasteiger charge is -2.29. The maximum atomic E-state index is 12.4. The molecular formula is C11H17F3N2O4. The Balaban J connectivity index is 4.94. The molecule has 0 rings (SSSR count). The largest absolute Gasteiger partial charge is 0.480 e. The molecule has 0 fully saturated rings. The van der Waals surface area contributed by atoms with Crippen molar-refractivity contribution in [1.29, 1.82) is 0 Å². The minimum atomic E-state index is -4.67. The van der Waals surface area contributed by atoms with Gasteiger partial charge in [0.2, 0.25) is 0 Å². The van der Waals surface area contributed by atoms with E-state index in [0.717, 1.165) is 4.90 Å². The van der Waals surface area contributed by atoms with E-state index >= 15 is 0 Å². The second-order valence-electron chi connectivity index (χ2n) is 3.88. The number of halogens is 3. The van der Waals surface area contributed by atoms with E-state index in [1.165, 1.54) is 13.2 Å². The quantitative estimate of drug-likeness (QED) is 0.683. The van der Waals surface area contributed by atoms with Crippen molar-refractivity contribution in [3.05, 3.63) is 12.7 Å². The minimum Gasteiger partial charge on any atom is -0.480 e. The number of carbonyl (C=O) groups excluding carboxylic acids is 1. The molecule has 0 aromatic rings. The van der Waals surface area contributed by atoms with Crippen LogP contribution < -0.4 is 0 Å². The van der Waals surface area contributed by atoms with Gasteiger partial charge in [-0.05, 0) is 0 Å². The molecule has 0 aromatic carbocycles. The van der Waals surface area contributed by atoms with Crippen molar-refractivity contribution in [2.75, 3.05) is 39.9 Å². The average Bonchev–Trinajstić information content (AvgIpc) is 2.30. The maximum absolute atomic E-state index is 12.4. The summed E-state index contributed by atoms with van der Waals surface area (Å²) < 4.78 is 41.8. The van der Waals surface area contributed by atoms with Crippen molar-refractivity contribution in [1.82, 2.24) is 9.80 Å². The van der Waals surface area contributed by atoms with Crippen LogP contribution in [-0.4, -0.2) is 73.0 Å². The molecule has 20 heavy (non-hydrogen) atoms. The molecule has 0 spiro atoms. The fourth-order valence-electron chi connectivity index (χ4n) is 1.39. The molecule has 1 N–H and O–H groups in total. The molecular weight excluding hydrogens is 281 g/mol. The van der Waals surface area contributed by atoms with Crippen LogP contribution in [0.5, 0.6) is 0 Å². The van der Waals surface area contributed by atoms with Gasteiger partial charge in [-0.1, -0.05) is 6.08 Å². The van der Waals surface area contributed by atoms with Gasteiger partial charge >= 0.3 is 18.2 Å². The number of rotatable bonds is 8. The summed E-state index contributed by atoms with van der Waals surface area (Å²) in [5.41, 5.74) is 0. The van der Waals surface area contributed by atoms with Gasteiger partial charge in [0, 0.05) is 20.2 Å². The topological polar surface area (TPSA) is 70.1 Å². The summed E-state index contributed by atoms with van der Waals surface area (Å²) >= 11 is 0. The van der Waals surface area contributed by atoms with Crippen LogP contribution in [0.25, 0.3) is 0 Å². The first kappa shape index (κ1) is 18.2. The number of hydrogen-bond acceptors (Lipinski definition) is 3. The third-order valence-corrected chi connectivity index (χ3v) is 2.15. The summed E-state index contributed by atoms with van der Waals surface area (Å²) in [5, 5.41) is 8.59. The highest BCUT2D eigenvalue weighted by Gasteiger charge is 2.35. The molecule has 2 amide bonds. The fraction of sp³-hybridized carbons (Fsp3) is 0.636. The van der Waals surface area contributed by atoms with Crippen molar-refractivity contribution in [2.45, 2.75) is 6.18 Å². The molecule has 0 unspecified atom stereocenters. The van der Waals surface area contributed by atoms with Crippen LogP contribution in [0.4, 0.5) is 18.0 Å². The Morgan fingerprint density at radius 2 is 1.95 bits per heavy atom. The molecule has 0 heterocycles. The molecule has 6 nitrogen and oxygen atoms in total. The SMILES string of the molecule is C=CCN(CCOC)C(=O)N(CC(=O)O)CC(F)(F)F. The van der Waals surface area contributed by atoms with E-state index in [1.807, 2.05) is 0 Å². The Kier molecular flexibility index (Phi) is 7.67. The van der Waals surface area contributed by atoms with Gasteiger partial charge in [-0.25, -0.2) is 4.79 Å². The predicted molar refractivity (Wildman–Crippen MR) is 64.3 cm³/mol. The normalized spacial score (nSPS) is 11.0. The minimum absolute atomic E-state index is 0.00380. The monoisotopic (exact) mass is 298 g/mol. The zero-order valence-electron chi connectivity index (χ0n) is 11.0. The van der Waals surface area contributed by atoms with Gasteiger partial charge in [0.15, 0.2) is 0 Å². The number of carbonyl (C=O) groups is 2. The van der Waals surface area contributed by atoms with Crippen LogP contribution in [0.2, 0.25) is 0 Å². The summed E-state index contributed by atoms with van der Waals surface area (Å²) in [6, 6.07) is -1.03. The van der Waals surface area contributed by atoms with Crippen molar-refractivity contribution in [3.8, 4) is 0 Å². The van der Waals surface area contributed by atoms with Gasteiger partial charge in [-0.2, -0.15) is 13.2 Å². The van der Waals surface area contributed by atoms with Crippen molar-refractivity contribution < 1.29 is 32.6 Å². The molecule has 0 aliphatic heterocycles. The summed E-state index contributed by atoms with van der Waals surface area (Å²) in [4.78, 5) is 23.8. The Labute approximate surface area is 114 Å². The predicted octanol–water partition coefficient (Wildman–Crippen LogP) is 1.19. The van der Waals surface area contributed by atoms with Crippen molar-refractivity contribution in [3.63, 3.8) is 0 Å². The van der Waals surface area contributed by atoms with Crippen LogP contribution in [0, 0.1) is 0 Å². The number of carboxylic acid groups (broad SMARTS) is 1. The number of amides is 2. The Bertz CT molecular complexity index is 347. The smallest absolute Gasteiger partial charge is 0.406 e. The molecule has 0 saturated heterocycles. The average molecular weight is 298 g/mol. The number of aliphatic carboxylic acids is 1. The van der Waals surface area contributed by atoms with Gasteiger partial charge in [0.1, 0.15) is 13.1 Å². The van der Waals surface area contributed by atoms with Crippen LogP contribution >= 0.6 is 0 Å². The third-order valence-electron chi connectivity index (χ3n) is 2.15. The second kappa shape index (κ2) is 8.41. The fourth-order valence-corrected chi connectivity index (χ4v) is 1.39.